The minimum Gasteiger partial charge on any atom is -0.465 e. The minimum absolute atomic E-state index is 0.133. The zero-order valence-electron chi connectivity index (χ0n) is 17.3. The number of nitrogens with one attached hydrogen (secondary N) is 3. The van der Waals surface area contributed by atoms with E-state index in [2.05, 4.69) is 15.4 Å². The van der Waals surface area contributed by atoms with E-state index in [0.29, 0.717) is 12.1 Å². The Hall–Kier alpha value is -3.19. The number of amides is 2. The molecule has 0 aliphatic carbocycles. The highest BCUT2D eigenvalue weighted by Crippen LogP contribution is 2.18. The van der Waals surface area contributed by atoms with Crippen molar-refractivity contribution < 1.29 is 24.0 Å². The molecule has 7 nitrogen and oxygen atoms in total. The normalized spacial score (nSPS) is 11.4. The van der Waals surface area contributed by atoms with Gasteiger partial charge in [-0.15, -0.1) is 0 Å². The van der Waals surface area contributed by atoms with E-state index in [4.69, 9.17) is 0 Å². The lowest BCUT2D eigenvalue weighted by Crippen LogP contribution is -3.11. The third-order valence-corrected chi connectivity index (χ3v) is 4.53. The van der Waals surface area contributed by atoms with Gasteiger partial charge in [0.05, 0.1) is 19.7 Å². The lowest BCUT2D eigenvalue weighted by molar-refractivity contribution is -0.862. The molecule has 0 aliphatic rings. The fraction of sp³-hybridized carbons (Fsp3) is 0.318. The summed E-state index contributed by atoms with van der Waals surface area (Å²) in [5.41, 5.74) is 4.17. The molecular formula is C22H28N3O4+. The van der Waals surface area contributed by atoms with Crippen LogP contribution in [-0.4, -0.2) is 45.0 Å². The monoisotopic (exact) mass is 398 g/mol. The molecule has 2 amide bonds. The Kier molecular flexibility index (Phi) is 7.91. The van der Waals surface area contributed by atoms with E-state index >= 15 is 0 Å². The summed E-state index contributed by atoms with van der Waals surface area (Å²) in [7, 11) is 3.13. The van der Waals surface area contributed by atoms with Gasteiger partial charge in [-0.25, -0.2) is 4.79 Å². The SMILES string of the molecule is COC(=O)c1ccc(CNC(=O)C[NH+](C)CC(=O)Nc2c(C)cccc2C)cc1. The fourth-order valence-electron chi connectivity index (χ4n) is 2.95. The average Bonchev–Trinajstić information content (AvgIpc) is 2.69. The van der Waals surface area contributed by atoms with E-state index in [9.17, 15) is 14.4 Å². The van der Waals surface area contributed by atoms with Gasteiger partial charge in [0.15, 0.2) is 13.1 Å². The van der Waals surface area contributed by atoms with Crippen molar-refractivity contribution in [2.75, 3.05) is 32.6 Å². The van der Waals surface area contributed by atoms with Crippen LogP contribution < -0.4 is 15.5 Å². The summed E-state index contributed by atoms with van der Waals surface area (Å²) in [6, 6.07) is 12.7. The van der Waals surface area contributed by atoms with Crippen LogP contribution in [0, 0.1) is 13.8 Å². The van der Waals surface area contributed by atoms with E-state index in [1.54, 1.807) is 31.3 Å². The molecule has 154 valence electrons. The number of quaternary nitrogens is 1. The largest absolute Gasteiger partial charge is 0.465 e. The summed E-state index contributed by atoms with van der Waals surface area (Å²) in [5.74, 6) is -0.685. The van der Waals surface area contributed by atoms with Crippen LogP contribution in [0.4, 0.5) is 5.69 Å². The number of hydrogen-bond acceptors (Lipinski definition) is 4. The maximum atomic E-state index is 12.3. The zero-order chi connectivity index (χ0) is 21.4. The first-order chi connectivity index (χ1) is 13.8. The van der Waals surface area contributed by atoms with Crippen molar-refractivity contribution in [2.24, 2.45) is 0 Å². The maximum absolute atomic E-state index is 12.3. The number of ether oxygens (including phenoxy) is 1. The summed E-state index contributed by atoms with van der Waals surface area (Å²) in [6.07, 6.45) is 0. The number of carbonyl (C=O) groups is 3. The second-order valence-electron chi connectivity index (χ2n) is 7.09. The third-order valence-electron chi connectivity index (χ3n) is 4.53. The summed E-state index contributed by atoms with van der Waals surface area (Å²) >= 11 is 0. The molecular weight excluding hydrogens is 370 g/mol. The first kappa shape index (κ1) is 22.1. The predicted molar refractivity (Wildman–Crippen MR) is 111 cm³/mol. The van der Waals surface area contributed by atoms with E-state index in [1.165, 1.54) is 7.11 Å². The van der Waals surface area contributed by atoms with Gasteiger partial charge in [-0.3, -0.25) is 9.59 Å². The van der Waals surface area contributed by atoms with Gasteiger partial charge in [-0.2, -0.15) is 0 Å². The Bertz CT molecular complexity index is 858. The van der Waals surface area contributed by atoms with Crippen molar-refractivity contribution in [2.45, 2.75) is 20.4 Å². The molecule has 1 atom stereocenters. The molecule has 7 heteroatoms. The Morgan fingerprint density at radius 1 is 0.931 bits per heavy atom. The summed E-state index contributed by atoms with van der Waals surface area (Å²) in [4.78, 5) is 36.7. The van der Waals surface area contributed by atoms with Gasteiger partial charge in [-0.05, 0) is 42.7 Å². The molecule has 0 heterocycles. The van der Waals surface area contributed by atoms with E-state index < -0.39 is 5.97 Å². The van der Waals surface area contributed by atoms with E-state index in [-0.39, 0.29) is 24.9 Å². The van der Waals surface area contributed by atoms with E-state index in [1.807, 2.05) is 32.0 Å². The molecule has 2 aromatic rings. The highest BCUT2D eigenvalue weighted by molar-refractivity contribution is 5.93. The van der Waals surface area contributed by atoms with Crippen molar-refractivity contribution in [3.05, 3.63) is 64.7 Å². The third kappa shape index (κ3) is 6.73. The van der Waals surface area contributed by atoms with Gasteiger partial charge >= 0.3 is 5.97 Å². The second kappa shape index (κ2) is 10.4. The number of methoxy groups -OCH3 is 1. The first-order valence-electron chi connectivity index (χ1n) is 9.41. The van der Waals surface area contributed by atoms with Crippen LogP contribution in [0.25, 0.3) is 0 Å². The van der Waals surface area contributed by atoms with Crippen LogP contribution in [-0.2, 0) is 20.9 Å². The number of anilines is 1. The molecule has 0 saturated heterocycles. The molecule has 3 N–H and O–H groups in total. The van der Waals surface area contributed by atoms with Crippen LogP contribution in [0.15, 0.2) is 42.5 Å². The van der Waals surface area contributed by atoms with Gasteiger partial charge in [-0.1, -0.05) is 30.3 Å². The molecule has 0 saturated carbocycles. The van der Waals surface area contributed by atoms with Gasteiger partial charge < -0.3 is 20.3 Å². The number of likely N-dealkylation sites (N-methyl/N-ethyl adjacent to an activating group) is 1. The molecule has 0 spiro atoms. The number of hydrogen-bond donors (Lipinski definition) is 3. The van der Waals surface area contributed by atoms with Gasteiger partial charge in [0.25, 0.3) is 11.8 Å². The summed E-state index contributed by atoms with van der Waals surface area (Å²) in [5, 5.41) is 5.76. The molecule has 0 bridgehead atoms. The van der Waals surface area contributed by atoms with Crippen LogP contribution in [0.1, 0.15) is 27.0 Å². The fourth-order valence-corrected chi connectivity index (χ4v) is 2.95. The molecule has 0 aliphatic heterocycles. The first-order valence-corrected chi connectivity index (χ1v) is 9.41. The van der Waals surface area contributed by atoms with Gasteiger partial charge in [0, 0.05) is 12.2 Å². The molecule has 0 radical (unpaired) electrons. The summed E-state index contributed by atoms with van der Waals surface area (Å²) in [6.45, 7) is 4.62. The number of aryl methyl sites for hydroxylation is 2. The predicted octanol–water partition coefficient (Wildman–Crippen LogP) is 0.860. The lowest BCUT2D eigenvalue weighted by atomic mass is 10.1. The maximum Gasteiger partial charge on any atom is 0.337 e. The Labute approximate surface area is 171 Å². The molecule has 0 fully saturated rings. The Balaban J connectivity index is 1.78. The lowest BCUT2D eigenvalue weighted by Gasteiger charge is -2.15. The molecule has 1 unspecified atom stereocenters. The standard InChI is InChI=1S/C22H27N3O4/c1-15-6-5-7-16(2)21(15)24-20(27)14-25(3)13-19(26)23-12-17-8-10-18(11-9-17)22(28)29-4/h5-11H,12-14H2,1-4H3,(H,23,26)(H,24,27)/p+1. The smallest absolute Gasteiger partial charge is 0.337 e. The van der Waals surface area contributed by atoms with Crippen molar-refractivity contribution in [1.29, 1.82) is 0 Å². The molecule has 2 rings (SSSR count). The van der Waals surface area contributed by atoms with Gasteiger partial charge in [0.1, 0.15) is 0 Å². The van der Waals surface area contributed by atoms with Gasteiger partial charge in [0.2, 0.25) is 0 Å². The van der Waals surface area contributed by atoms with Crippen LogP contribution in [0.5, 0.6) is 0 Å². The molecule has 0 aromatic heterocycles. The van der Waals surface area contributed by atoms with Crippen LogP contribution >= 0.6 is 0 Å². The van der Waals surface area contributed by atoms with E-state index in [0.717, 1.165) is 27.3 Å². The summed E-state index contributed by atoms with van der Waals surface area (Å²) < 4.78 is 4.66. The van der Waals surface area contributed by atoms with Crippen LogP contribution in [0.3, 0.4) is 0 Å². The number of rotatable bonds is 8. The van der Waals surface area contributed by atoms with Crippen molar-refractivity contribution in [3.63, 3.8) is 0 Å². The highest BCUT2D eigenvalue weighted by atomic mass is 16.5. The minimum atomic E-state index is -0.398. The molecule has 29 heavy (non-hydrogen) atoms. The Morgan fingerprint density at radius 3 is 2.10 bits per heavy atom. The quantitative estimate of drug-likeness (QED) is 0.576. The topological polar surface area (TPSA) is 88.9 Å². The van der Waals surface area contributed by atoms with Crippen molar-refractivity contribution in [1.82, 2.24) is 5.32 Å². The zero-order valence-corrected chi connectivity index (χ0v) is 17.3. The second-order valence-corrected chi connectivity index (χ2v) is 7.09. The number of para-hydroxylation sites is 1. The highest BCUT2D eigenvalue weighted by Gasteiger charge is 2.15. The van der Waals surface area contributed by atoms with Crippen molar-refractivity contribution in [3.8, 4) is 0 Å². The number of benzene rings is 2. The van der Waals surface area contributed by atoms with Crippen LogP contribution in [0.2, 0.25) is 0 Å². The van der Waals surface area contributed by atoms with Crippen molar-refractivity contribution >= 4 is 23.5 Å². The number of esters is 1. The average molecular weight is 398 g/mol. The Morgan fingerprint density at radius 2 is 1.52 bits per heavy atom. The molecule has 2 aromatic carbocycles. The number of carbonyl (C=O) groups excluding carboxylic acids is 3.